The Bertz CT molecular complexity index is 1110. The fraction of sp³-hybridized carbons (Fsp3) is 0.458. The lowest BCUT2D eigenvalue weighted by molar-refractivity contribution is 0.0342. The maximum absolute atomic E-state index is 13.1. The molecule has 0 aromatic heterocycles. The van der Waals surface area contributed by atoms with Crippen LogP contribution in [-0.4, -0.2) is 88.0 Å². The van der Waals surface area contributed by atoms with E-state index in [2.05, 4.69) is 27.2 Å². The number of rotatable bonds is 7. The molecule has 0 saturated carbocycles. The van der Waals surface area contributed by atoms with Crippen LogP contribution in [0.15, 0.2) is 47.4 Å². The van der Waals surface area contributed by atoms with Crippen LogP contribution in [0.4, 0.5) is 0 Å². The third-order valence-electron chi connectivity index (χ3n) is 6.23. The molecule has 10 heteroatoms. The van der Waals surface area contributed by atoms with Crippen LogP contribution in [-0.2, 0) is 27.8 Å². The lowest BCUT2D eigenvalue weighted by Crippen LogP contribution is -2.47. The van der Waals surface area contributed by atoms with E-state index in [0.717, 1.165) is 38.4 Å². The molecule has 2 aliphatic heterocycles. The van der Waals surface area contributed by atoms with E-state index in [9.17, 15) is 13.2 Å². The van der Waals surface area contributed by atoms with E-state index in [0.29, 0.717) is 32.7 Å². The third-order valence-corrected chi connectivity index (χ3v) is 8.61. The minimum Gasteiger partial charge on any atom is -0.379 e. The number of nitrogens with zero attached hydrogens (tertiary/aromatic N) is 3. The number of carbonyl (C=O) groups excluding carboxylic acids is 1. The second kappa shape index (κ2) is 11.2. The van der Waals surface area contributed by atoms with Gasteiger partial charge in [0.25, 0.3) is 5.91 Å². The maximum atomic E-state index is 13.1. The normalized spacial score (nSPS) is 18.6. The Morgan fingerprint density at radius 3 is 2.44 bits per heavy atom. The van der Waals surface area contributed by atoms with Gasteiger partial charge in [-0.05, 0) is 36.4 Å². The zero-order chi connectivity index (χ0) is 24.1. The van der Waals surface area contributed by atoms with Crippen molar-refractivity contribution >= 4 is 27.5 Å². The third kappa shape index (κ3) is 6.16. The lowest BCUT2D eigenvalue weighted by atomic mass is 10.1. The van der Waals surface area contributed by atoms with Crippen LogP contribution in [0.25, 0.3) is 0 Å². The van der Waals surface area contributed by atoms with Gasteiger partial charge in [0, 0.05) is 57.9 Å². The summed E-state index contributed by atoms with van der Waals surface area (Å²) >= 11 is 6.24. The van der Waals surface area contributed by atoms with E-state index in [1.165, 1.54) is 22.0 Å². The summed E-state index contributed by atoms with van der Waals surface area (Å²) < 4.78 is 33.1. The van der Waals surface area contributed by atoms with E-state index < -0.39 is 10.0 Å². The summed E-state index contributed by atoms with van der Waals surface area (Å²) in [4.78, 5) is 17.2. The lowest BCUT2D eigenvalue weighted by Gasteiger charge is -2.31. The quantitative estimate of drug-likeness (QED) is 0.619. The fourth-order valence-electron chi connectivity index (χ4n) is 4.15. The molecule has 0 unspecified atom stereocenters. The van der Waals surface area contributed by atoms with Crippen molar-refractivity contribution in [2.24, 2.45) is 0 Å². The van der Waals surface area contributed by atoms with E-state index in [4.69, 9.17) is 16.3 Å². The number of sulfonamides is 1. The largest absolute Gasteiger partial charge is 0.379 e. The molecule has 184 valence electrons. The number of halogens is 1. The average Bonchev–Trinajstić information content (AvgIpc) is 2.84. The van der Waals surface area contributed by atoms with Crippen molar-refractivity contribution in [3.05, 3.63) is 64.2 Å². The first-order valence-corrected chi connectivity index (χ1v) is 13.3. The number of piperazine rings is 1. The Hall–Kier alpha value is -2.01. The van der Waals surface area contributed by atoms with Crippen LogP contribution < -0.4 is 5.32 Å². The molecule has 2 saturated heterocycles. The van der Waals surface area contributed by atoms with E-state index in [1.807, 2.05) is 19.2 Å². The van der Waals surface area contributed by atoms with Crippen LogP contribution in [0, 0.1) is 0 Å². The van der Waals surface area contributed by atoms with Crippen molar-refractivity contribution in [3.63, 3.8) is 0 Å². The summed E-state index contributed by atoms with van der Waals surface area (Å²) in [5.74, 6) is -0.343. The molecular weight excluding hydrogens is 476 g/mol. The second-order valence-corrected chi connectivity index (χ2v) is 11.1. The number of benzene rings is 2. The monoisotopic (exact) mass is 506 g/mol. The minimum absolute atomic E-state index is 0.0288. The molecule has 0 atom stereocenters. The van der Waals surface area contributed by atoms with Crippen molar-refractivity contribution in [2.75, 3.05) is 59.5 Å². The first-order valence-electron chi connectivity index (χ1n) is 11.5. The van der Waals surface area contributed by atoms with Crippen LogP contribution in [0.5, 0.6) is 0 Å². The summed E-state index contributed by atoms with van der Waals surface area (Å²) in [6.45, 7) is 6.62. The zero-order valence-electron chi connectivity index (χ0n) is 19.4. The van der Waals surface area contributed by atoms with Gasteiger partial charge in [0.05, 0.1) is 18.2 Å². The highest BCUT2D eigenvalue weighted by molar-refractivity contribution is 7.89. The summed E-state index contributed by atoms with van der Waals surface area (Å²) in [6, 6.07) is 12.5. The molecule has 1 amide bonds. The summed E-state index contributed by atoms with van der Waals surface area (Å²) in [7, 11) is -1.82. The Morgan fingerprint density at radius 1 is 1.00 bits per heavy atom. The van der Waals surface area contributed by atoms with Gasteiger partial charge in [0.2, 0.25) is 10.0 Å². The molecule has 2 fully saturated rings. The number of likely N-dealkylation sites (N-methyl/N-ethyl adjacent to an activating group) is 1. The second-order valence-electron chi connectivity index (χ2n) is 8.74. The summed E-state index contributed by atoms with van der Waals surface area (Å²) in [5, 5.41) is 3.02. The van der Waals surface area contributed by atoms with Gasteiger partial charge in [0.15, 0.2) is 0 Å². The van der Waals surface area contributed by atoms with Gasteiger partial charge < -0.3 is 15.0 Å². The van der Waals surface area contributed by atoms with Crippen LogP contribution in [0.3, 0.4) is 0 Å². The first kappa shape index (κ1) is 25.1. The molecule has 0 aliphatic carbocycles. The molecule has 0 radical (unpaired) electrons. The number of nitrogens with one attached hydrogen (secondary N) is 1. The molecule has 2 heterocycles. The highest BCUT2D eigenvalue weighted by Crippen LogP contribution is 2.26. The Labute approximate surface area is 206 Å². The number of carbonyl (C=O) groups is 1. The molecule has 1 N–H and O–H groups in total. The van der Waals surface area contributed by atoms with Gasteiger partial charge in [0.1, 0.15) is 4.90 Å². The topological polar surface area (TPSA) is 82.2 Å². The Balaban J connectivity index is 1.41. The minimum atomic E-state index is -3.78. The molecule has 2 aromatic carbocycles. The smallest absolute Gasteiger partial charge is 0.251 e. The molecule has 34 heavy (non-hydrogen) atoms. The molecule has 0 bridgehead atoms. The highest BCUT2D eigenvalue weighted by Gasteiger charge is 2.30. The van der Waals surface area contributed by atoms with Crippen molar-refractivity contribution in [2.45, 2.75) is 18.0 Å². The molecule has 8 nitrogen and oxygen atoms in total. The zero-order valence-corrected chi connectivity index (χ0v) is 20.9. The highest BCUT2D eigenvalue weighted by atomic mass is 35.5. The maximum Gasteiger partial charge on any atom is 0.251 e. The molecule has 4 rings (SSSR count). The number of morpholine rings is 1. The van der Waals surface area contributed by atoms with Crippen LogP contribution in [0.1, 0.15) is 21.5 Å². The number of amides is 1. The van der Waals surface area contributed by atoms with E-state index in [-0.39, 0.29) is 21.4 Å². The van der Waals surface area contributed by atoms with Gasteiger partial charge in [-0.3, -0.25) is 9.69 Å². The standard InChI is InChI=1S/C24H31ClN4O4S/c1-27-7-9-29(10-8-27)34(31,32)23-16-21(5-6-22(23)25)24(30)26-17-19-3-2-4-20(15-19)18-28-11-13-33-14-12-28/h2-6,15-16H,7-14,17-18H2,1H3,(H,26,30). The Morgan fingerprint density at radius 2 is 1.71 bits per heavy atom. The van der Waals surface area contributed by atoms with E-state index >= 15 is 0 Å². The van der Waals surface area contributed by atoms with E-state index in [1.54, 1.807) is 6.07 Å². The number of hydrogen-bond donors (Lipinski definition) is 1. The van der Waals surface area contributed by atoms with Gasteiger partial charge in [-0.1, -0.05) is 35.9 Å². The fourth-order valence-corrected chi connectivity index (χ4v) is 6.07. The SMILES string of the molecule is CN1CCN(S(=O)(=O)c2cc(C(=O)NCc3cccc(CN4CCOCC4)c3)ccc2Cl)CC1. The average molecular weight is 507 g/mol. The summed E-state index contributed by atoms with van der Waals surface area (Å²) in [5.41, 5.74) is 2.43. The van der Waals surface area contributed by atoms with Crippen molar-refractivity contribution in [1.29, 1.82) is 0 Å². The first-order chi connectivity index (χ1) is 16.3. The van der Waals surface area contributed by atoms with Gasteiger partial charge in [-0.2, -0.15) is 4.31 Å². The molecule has 2 aliphatic rings. The van der Waals surface area contributed by atoms with Crippen LogP contribution >= 0.6 is 11.6 Å². The molecule has 2 aromatic rings. The predicted octanol–water partition coefficient (Wildman–Crippen LogP) is 2.04. The number of ether oxygens (including phenoxy) is 1. The number of hydrogen-bond acceptors (Lipinski definition) is 6. The van der Waals surface area contributed by atoms with Crippen molar-refractivity contribution in [1.82, 2.24) is 19.4 Å². The molecular formula is C24H31ClN4O4S. The van der Waals surface area contributed by atoms with Crippen LogP contribution in [0.2, 0.25) is 5.02 Å². The van der Waals surface area contributed by atoms with Gasteiger partial charge >= 0.3 is 0 Å². The van der Waals surface area contributed by atoms with Crippen molar-refractivity contribution < 1.29 is 17.9 Å². The Kier molecular flexibility index (Phi) is 8.23. The van der Waals surface area contributed by atoms with Crippen molar-refractivity contribution in [3.8, 4) is 0 Å². The van der Waals surface area contributed by atoms with Gasteiger partial charge in [-0.15, -0.1) is 0 Å². The van der Waals surface area contributed by atoms with Gasteiger partial charge in [-0.25, -0.2) is 8.42 Å². The predicted molar refractivity (Wildman–Crippen MR) is 131 cm³/mol. The molecule has 0 spiro atoms. The summed E-state index contributed by atoms with van der Waals surface area (Å²) in [6.07, 6.45) is 0.